The van der Waals surface area contributed by atoms with Crippen LogP contribution in [0.3, 0.4) is 0 Å². The third-order valence-electron chi connectivity index (χ3n) is 2.36. The van der Waals surface area contributed by atoms with Crippen molar-refractivity contribution in [1.29, 1.82) is 0 Å². The molecule has 0 aliphatic rings. The van der Waals surface area contributed by atoms with Crippen LogP contribution in [-0.4, -0.2) is 11.2 Å². The summed E-state index contributed by atoms with van der Waals surface area (Å²) in [6.45, 7) is 0.837. The smallest absolute Gasteiger partial charge is 0.250 e. The Labute approximate surface area is 115 Å². The number of hydrogen-bond donors (Lipinski definition) is 0. The summed E-state index contributed by atoms with van der Waals surface area (Å²) >= 11 is 11.6. The van der Waals surface area contributed by atoms with E-state index in [1.807, 2.05) is 0 Å². The van der Waals surface area contributed by atoms with Gasteiger partial charge in [0.05, 0.1) is 11.6 Å². The average molecular weight is 284 g/mol. The minimum absolute atomic E-state index is 0.0980. The second-order valence-electron chi connectivity index (χ2n) is 3.68. The normalized spacial score (nSPS) is 10.3. The summed E-state index contributed by atoms with van der Waals surface area (Å²) in [6, 6.07) is 10.1. The first-order valence-electron chi connectivity index (χ1n) is 5.39. The topological polar surface area (TPSA) is 31.2 Å². The lowest BCUT2D eigenvalue weighted by Crippen LogP contribution is -2.21. The van der Waals surface area contributed by atoms with E-state index in [4.69, 9.17) is 27.9 Å². The van der Waals surface area contributed by atoms with Crippen molar-refractivity contribution in [3.8, 4) is 5.75 Å². The van der Waals surface area contributed by atoms with Crippen molar-refractivity contribution in [2.24, 2.45) is 0 Å². The standard InChI is InChI=1S/C13H11Cl2NO2/c14-10-1-4-12(5-2-10)18-8-7-16-9-11(15)3-6-13(16)17/h1-6,9H,7-8H2. The van der Waals surface area contributed by atoms with Crippen LogP contribution in [0.15, 0.2) is 47.4 Å². The summed E-state index contributed by atoms with van der Waals surface area (Å²) in [7, 11) is 0. The van der Waals surface area contributed by atoms with Crippen molar-refractivity contribution >= 4 is 23.2 Å². The van der Waals surface area contributed by atoms with Crippen molar-refractivity contribution in [2.75, 3.05) is 6.61 Å². The van der Waals surface area contributed by atoms with Gasteiger partial charge < -0.3 is 9.30 Å². The maximum absolute atomic E-state index is 11.5. The van der Waals surface area contributed by atoms with E-state index in [9.17, 15) is 4.79 Å². The predicted octanol–water partition coefficient (Wildman–Crippen LogP) is 3.23. The van der Waals surface area contributed by atoms with E-state index in [1.54, 1.807) is 36.5 Å². The van der Waals surface area contributed by atoms with Crippen LogP contribution in [0.25, 0.3) is 0 Å². The fourth-order valence-corrected chi connectivity index (χ4v) is 1.78. The van der Waals surface area contributed by atoms with Gasteiger partial charge in [0.2, 0.25) is 0 Å². The minimum Gasteiger partial charge on any atom is -0.492 e. The van der Waals surface area contributed by atoms with Gasteiger partial charge >= 0.3 is 0 Å². The van der Waals surface area contributed by atoms with Crippen LogP contribution in [0.5, 0.6) is 5.75 Å². The zero-order valence-corrected chi connectivity index (χ0v) is 11.0. The molecule has 0 aliphatic heterocycles. The molecule has 0 atom stereocenters. The van der Waals surface area contributed by atoms with E-state index < -0.39 is 0 Å². The van der Waals surface area contributed by atoms with Crippen molar-refractivity contribution in [1.82, 2.24) is 4.57 Å². The molecule has 0 spiro atoms. The van der Waals surface area contributed by atoms with Gasteiger partial charge in [-0.05, 0) is 30.3 Å². The highest BCUT2D eigenvalue weighted by Gasteiger charge is 1.98. The van der Waals surface area contributed by atoms with Crippen LogP contribution < -0.4 is 10.3 Å². The Morgan fingerprint density at radius 1 is 1.00 bits per heavy atom. The first-order chi connectivity index (χ1) is 8.65. The predicted molar refractivity (Wildman–Crippen MR) is 72.7 cm³/mol. The molecule has 0 radical (unpaired) electrons. The van der Waals surface area contributed by atoms with Crippen molar-refractivity contribution in [2.45, 2.75) is 6.54 Å². The molecule has 3 nitrogen and oxygen atoms in total. The Morgan fingerprint density at radius 3 is 2.39 bits per heavy atom. The summed E-state index contributed by atoms with van der Waals surface area (Å²) in [5.74, 6) is 0.717. The van der Waals surface area contributed by atoms with E-state index >= 15 is 0 Å². The van der Waals surface area contributed by atoms with E-state index in [0.717, 1.165) is 5.75 Å². The van der Waals surface area contributed by atoms with Gasteiger partial charge in [0.1, 0.15) is 12.4 Å². The van der Waals surface area contributed by atoms with Crippen LogP contribution in [0.1, 0.15) is 0 Å². The summed E-state index contributed by atoms with van der Waals surface area (Å²) < 4.78 is 7.01. The Morgan fingerprint density at radius 2 is 1.67 bits per heavy atom. The quantitative estimate of drug-likeness (QED) is 0.863. The Bertz CT molecular complexity index is 578. The van der Waals surface area contributed by atoms with E-state index in [1.165, 1.54) is 10.6 Å². The molecule has 0 saturated carbocycles. The number of hydrogen-bond acceptors (Lipinski definition) is 2. The van der Waals surface area contributed by atoms with Gasteiger partial charge in [-0.25, -0.2) is 0 Å². The fraction of sp³-hybridized carbons (Fsp3) is 0.154. The number of nitrogens with zero attached hydrogens (tertiary/aromatic N) is 1. The first-order valence-corrected chi connectivity index (χ1v) is 6.15. The summed E-state index contributed by atoms with van der Waals surface area (Å²) in [5.41, 5.74) is -0.0980. The zero-order valence-electron chi connectivity index (χ0n) is 9.48. The van der Waals surface area contributed by atoms with Gasteiger partial charge in [-0.1, -0.05) is 23.2 Å². The third kappa shape index (κ3) is 3.52. The van der Waals surface area contributed by atoms with Crippen LogP contribution in [0.4, 0.5) is 0 Å². The average Bonchev–Trinajstić information content (AvgIpc) is 2.36. The molecule has 1 heterocycles. The minimum atomic E-state index is -0.0980. The van der Waals surface area contributed by atoms with Crippen LogP contribution in [0.2, 0.25) is 10.0 Å². The van der Waals surface area contributed by atoms with Gasteiger partial charge in [-0.3, -0.25) is 4.79 Å². The van der Waals surface area contributed by atoms with Gasteiger partial charge in [0.25, 0.3) is 5.56 Å². The lowest BCUT2D eigenvalue weighted by Gasteiger charge is -2.08. The number of rotatable bonds is 4. The second kappa shape index (κ2) is 5.94. The molecule has 0 N–H and O–H groups in total. The molecule has 1 aromatic carbocycles. The molecule has 1 aromatic heterocycles. The largest absolute Gasteiger partial charge is 0.492 e. The van der Waals surface area contributed by atoms with Crippen LogP contribution in [0, 0.1) is 0 Å². The number of halogens is 2. The molecule has 2 aromatic rings. The molecule has 0 unspecified atom stereocenters. The maximum atomic E-state index is 11.5. The van der Waals surface area contributed by atoms with E-state index in [2.05, 4.69) is 0 Å². The van der Waals surface area contributed by atoms with Crippen molar-refractivity contribution in [3.63, 3.8) is 0 Å². The van der Waals surface area contributed by atoms with Crippen LogP contribution in [-0.2, 0) is 6.54 Å². The molecule has 94 valence electrons. The maximum Gasteiger partial charge on any atom is 0.250 e. The number of aromatic nitrogens is 1. The fourth-order valence-electron chi connectivity index (χ4n) is 1.47. The lowest BCUT2D eigenvalue weighted by molar-refractivity contribution is 0.296. The van der Waals surface area contributed by atoms with E-state index in [0.29, 0.717) is 23.2 Å². The Balaban J connectivity index is 1.94. The molecule has 0 amide bonds. The Hall–Kier alpha value is -1.45. The molecule has 2 rings (SSSR count). The molecule has 5 heteroatoms. The summed E-state index contributed by atoms with van der Waals surface area (Å²) in [4.78, 5) is 11.5. The van der Waals surface area contributed by atoms with Crippen molar-refractivity contribution < 1.29 is 4.74 Å². The molecule has 18 heavy (non-hydrogen) atoms. The molecular formula is C13H11Cl2NO2. The number of ether oxygens (including phenoxy) is 1. The van der Waals surface area contributed by atoms with Crippen molar-refractivity contribution in [3.05, 3.63) is 63.0 Å². The lowest BCUT2D eigenvalue weighted by atomic mass is 10.3. The Kier molecular flexibility index (Phi) is 4.28. The van der Waals surface area contributed by atoms with Gasteiger partial charge in [0, 0.05) is 17.3 Å². The third-order valence-corrected chi connectivity index (χ3v) is 2.84. The van der Waals surface area contributed by atoms with Gasteiger partial charge in [-0.2, -0.15) is 0 Å². The highest BCUT2D eigenvalue weighted by atomic mass is 35.5. The monoisotopic (exact) mass is 283 g/mol. The summed E-state index contributed by atoms with van der Waals surface area (Å²) in [5, 5.41) is 1.19. The SMILES string of the molecule is O=c1ccc(Cl)cn1CCOc1ccc(Cl)cc1. The highest BCUT2D eigenvalue weighted by molar-refractivity contribution is 6.30. The van der Waals surface area contributed by atoms with E-state index in [-0.39, 0.29) is 5.56 Å². The number of benzene rings is 1. The molecule has 0 saturated heterocycles. The summed E-state index contributed by atoms with van der Waals surface area (Å²) in [6.07, 6.45) is 1.59. The molecular weight excluding hydrogens is 273 g/mol. The molecule has 0 fully saturated rings. The van der Waals surface area contributed by atoms with Gasteiger partial charge in [-0.15, -0.1) is 0 Å². The highest BCUT2D eigenvalue weighted by Crippen LogP contribution is 2.15. The van der Waals surface area contributed by atoms with Crippen LogP contribution >= 0.6 is 23.2 Å². The molecule has 0 aliphatic carbocycles. The zero-order chi connectivity index (χ0) is 13.0. The first kappa shape index (κ1) is 13.0. The molecule has 0 bridgehead atoms. The number of pyridine rings is 1. The van der Waals surface area contributed by atoms with Gasteiger partial charge in [0.15, 0.2) is 0 Å². The second-order valence-corrected chi connectivity index (χ2v) is 4.55.